The Morgan fingerprint density at radius 1 is 1.32 bits per heavy atom. The predicted octanol–water partition coefficient (Wildman–Crippen LogP) is 2.37. The maximum absolute atomic E-state index is 12.2. The molecule has 1 amide bonds. The summed E-state index contributed by atoms with van der Waals surface area (Å²) in [7, 11) is 0. The summed E-state index contributed by atoms with van der Waals surface area (Å²) in [5, 5.41) is 9.26. The summed E-state index contributed by atoms with van der Waals surface area (Å²) in [6.45, 7) is 4.13. The van der Waals surface area contributed by atoms with Crippen LogP contribution in [0.3, 0.4) is 0 Å². The molecule has 100 valence electrons. The molecule has 0 atom stereocenters. The number of nitrogens with zero attached hydrogens (tertiary/aromatic N) is 1. The van der Waals surface area contributed by atoms with E-state index < -0.39 is 0 Å². The number of hydrogen-bond acceptors (Lipinski definition) is 3. The van der Waals surface area contributed by atoms with Crippen LogP contribution in [0.2, 0.25) is 0 Å². The first-order chi connectivity index (χ1) is 9.17. The number of aromatic nitrogens is 2. The Labute approximate surface area is 112 Å². The van der Waals surface area contributed by atoms with Gasteiger partial charge in [-0.2, -0.15) is 5.10 Å². The molecule has 5 nitrogen and oxygen atoms in total. The number of benzene rings is 1. The van der Waals surface area contributed by atoms with Crippen molar-refractivity contribution in [3.05, 3.63) is 41.1 Å². The Hall–Kier alpha value is -2.30. The van der Waals surface area contributed by atoms with Crippen molar-refractivity contribution in [2.75, 3.05) is 11.1 Å². The van der Waals surface area contributed by atoms with Crippen LogP contribution < -0.4 is 11.1 Å². The van der Waals surface area contributed by atoms with E-state index >= 15 is 0 Å². The van der Waals surface area contributed by atoms with E-state index in [-0.39, 0.29) is 11.7 Å². The number of para-hydroxylation sites is 1. The molecule has 4 N–H and O–H groups in total. The number of nitrogens with one attached hydrogen (secondary N) is 2. The van der Waals surface area contributed by atoms with Crippen LogP contribution in [0.1, 0.15) is 35.3 Å². The van der Waals surface area contributed by atoms with Gasteiger partial charge < -0.3 is 11.1 Å². The topological polar surface area (TPSA) is 83.8 Å². The molecule has 5 heteroatoms. The largest absolute Gasteiger partial charge is 0.383 e. The van der Waals surface area contributed by atoms with Crippen molar-refractivity contribution in [3.63, 3.8) is 0 Å². The molecule has 1 heterocycles. The van der Waals surface area contributed by atoms with Crippen LogP contribution >= 0.6 is 0 Å². The third-order valence-corrected chi connectivity index (χ3v) is 3.15. The molecule has 0 bridgehead atoms. The highest BCUT2D eigenvalue weighted by Gasteiger charge is 2.15. The average molecular weight is 258 g/mol. The molecular formula is C14H18N4O. The Kier molecular flexibility index (Phi) is 3.85. The van der Waals surface area contributed by atoms with Crippen molar-refractivity contribution in [2.24, 2.45) is 0 Å². The second kappa shape index (κ2) is 5.56. The van der Waals surface area contributed by atoms with Gasteiger partial charge in [-0.3, -0.25) is 9.89 Å². The quantitative estimate of drug-likeness (QED) is 0.787. The maximum atomic E-state index is 12.2. The lowest BCUT2D eigenvalue weighted by atomic mass is 10.0. The first-order valence-corrected chi connectivity index (χ1v) is 6.38. The summed E-state index contributed by atoms with van der Waals surface area (Å²) in [5.41, 5.74) is 9.15. The molecule has 1 aromatic heterocycles. The van der Waals surface area contributed by atoms with Crippen LogP contribution in [0, 0.1) is 0 Å². The van der Waals surface area contributed by atoms with E-state index in [4.69, 9.17) is 5.73 Å². The van der Waals surface area contributed by atoms with Crippen LogP contribution in [-0.2, 0) is 12.8 Å². The van der Waals surface area contributed by atoms with Crippen LogP contribution in [-0.4, -0.2) is 16.1 Å². The van der Waals surface area contributed by atoms with Gasteiger partial charge in [-0.1, -0.05) is 32.0 Å². The van der Waals surface area contributed by atoms with Gasteiger partial charge in [0.1, 0.15) is 11.4 Å². The van der Waals surface area contributed by atoms with Crippen LogP contribution in [0.4, 0.5) is 11.5 Å². The smallest absolute Gasteiger partial charge is 0.261 e. The molecule has 0 fully saturated rings. The normalized spacial score (nSPS) is 10.4. The minimum absolute atomic E-state index is 0.234. The van der Waals surface area contributed by atoms with Crippen LogP contribution in [0.25, 0.3) is 0 Å². The SMILES string of the molecule is CCc1cccc(CC)c1NC(=O)c1cn[nH]c1N. The fourth-order valence-electron chi connectivity index (χ4n) is 2.06. The van der Waals surface area contributed by atoms with E-state index in [1.807, 2.05) is 18.2 Å². The fraction of sp³-hybridized carbons (Fsp3) is 0.286. The molecule has 0 saturated heterocycles. The second-order valence-corrected chi connectivity index (χ2v) is 4.31. The molecule has 1 aromatic carbocycles. The van der Waals surface area contributed by atoms with Crippen LogP contribution in [0.15, 0.2) is 24.4 Å². The van der Waals surface area contributed by atoms with Gasteiger partial charge in [-0.05, 0) is 24.0 Å². The summed E-state index contributed by atoms with van der Waals surface area (Å²) >= 11 is 0. The predicted molar refractivity (Wildman–Crippen MR) is 76.2 cm³/mol. The van der Waals surface area contributed by atoms with Gasteiger partial charge in [0, 0.05) is 5.69 Å². The van der Waals surface area contributed by atoms with Gasteiger partial charge in [-0.15, -0.1) is 0 Å². The second-order valence-electron chi connectivity index (χ2n) is 4.31. The Morgan fingerprint density at radius 3 is 2.42 bits per heavy atom. The standard InChI is InChI=1S/C14H18N4O/c1-3-9-6-5-7-10(4-2)12(9)17-14(19)11-8-16-18-13(11)15/h5-8H,3-4H2,1-2H3,(H,17,19)(H3,15,16,18). The monoisotopic (exact) mass is 258 g/mol. The van der Waals surface area contributed by atoms with Gasteiger partial charge >= 0.3 is 0 Å². The van der Waals surface area contributed by atoms with Gasteiger partial charge in [0.15, 0.2) is 0 Å². The van der Waals surface area contributed by atoms with E-state index in [1.54, 1.807) is 0 Å². The number of hydrogen-bond donors (Lipinski definition) is 3. The first kappa shape index (κ1) is 13.1. The molecule has 0 aliphatic rings. The summed E-state index contributed by atoms with van der Waals surface area (Å²) in [6, 6.07) is 6.06. The Morgan fingerprint density at radius 2 is 1.95 bits per heavy atom. The molecular weight excluding hydrogens is 240 g/mol. The molecule has 2 aromatic rings. The van der Waals surface area contributed by atoms with Crippen molar-refractivity contribution in [1.82, 2.24) is 10.2 Å². The number of amides is 1. The van der Waals surface area contributed by atoms with Gasteiger partial charge in [0.25, 0.3) is 5.91 Å². The van der Waals surface area contributed by atoms with Crippen molar-refractivity contribution in [1.29, 1.82) is 0 Å². The molecule has 0 aliphatic carbocycles. The first-order valence-electron chi connectivity index (χ1n) is 6.38. The number of H-pyrrole nitrogens is 1. The third-order valence-electron chi connectivity index (χ3n) is 3.15. The number of rotatable bonds is 4. The molecule has 0 radical (unpaired) electrons. The summed E-state index contributed by atoms with van der Waals surface area (Å²) in [6.07, 6.45) is 3.17. The number of aryl methyl sites for hydroxylation is 2. The number of carbonyl (C=O) groups is 1. The van der Waals surface area contributed by atoms with Gasteiger partial charge in [0.2, 0.25) is 0 Å². The zero-order chi connectivity index (χ0) is 13.8. The van der Waals surface area contributed by atoms with Crippen LogP contribution in [0.5, 0.6) is 0 Å². The zero-order valence-electron chi connectivity index (χ0n) is 11.2. The average Bonchev–Trinajstić information content (AvgIpc) is 2.85. The molecule has 0 unspecified atom stereocenters. The van der Waals surface area contributed by atoms with Crippen molar-refractivity contribution < 1.29 is 4.79 Å². The highest BCUT2D eigenvalue weighted by atomic mass is 16.1. The third kappa shape index (κ3) is 2.59. The van der Waals surface area contributed by atoms with Gasteiger partial charge in [0.05, 0.1) is 6.20 Å². The maximum Gasteiger partial charge on any atom is 0.261 e. The lowest BCUT2D eigenvalue weighted by Crippen LogP contribution is -2.15. The Bertz CT molecular complexity index is 567. The molecule has 0 aliphatic heterocycles. The van der Waals surface area contributed by atoms with E-state index in [1.165, 1.54) is 6.20 Å². The molecule has 19 heavy (non-hydrogen) atoms. The highest BCUT2D eigenvalue weighted by molar-refractivity contribution is 6.07. The molecule has 0 saturated carbocycles. The highest BCUT2D eigenvalue weighted by Crippen LogP contribution is 2.23. The van der Waals surface area contributed by atoms with Gasteiger partial charge in [-0.25, -0.2) is 0 Å². The van der Waals surface area contributed by atoms with E-state index in [9.17, 15) is 4.79 Å². The number of nitrogens with two attached hydrogens (primary N) is 1. The van der Waals surface area contributed by atoms with Crippen molar-refractivity contribution in [3.8, 4) is 0 Å². The fourth-order valence-corrected chi connectivity index (χ4v) is 2.06. The molecule has 0 spiro atoms. The van der Waals surface area contributed by atoms with E-state index in [2.05, 4.69) is 29.4 Å². The van der Waals surface area contributed by atoms with Crippen molar-refractivity contribution >= 4 is 17.4 Å². The van der Waals surface area contributed by atoms with E-state index in [0.29, 0.717) is 5.56 Å². The van der Waals surface area contributed by atoms with Crippen molar-refractivity contribution in [2.45, 2.75) is 26.7 Å². The summed E-state index contributed by atoms with van der Waals surface area (Å²) in [4.78, 5) is 12.2. The lowest BCUT2D eigenvalue weighted by Gasteiger charge is -2.14. The zero-order valence-corrected chi connectivity index (χ0v) is 11.2. The number of anilines is 2. The number of nitrogen functional groups attached to an aromatic ring is 1. The summed E-state index contributed by atoms with van der Waals surface area (Å²) in [5.74, 6) is 0.0476. The number of carbonyl (C=O) groups excluding carboxylic acids is 1. The molecule has 2 rings (SSSR count). The Balaban J connectivity index is 2.33. The minimum Gasteiger partial charge on any atom is -0.383 e. The van der Waals surface area contributed by atoms with E-state index in [0.717, 1.165) is 29.7 Å². The minimum atomic E-state index is -0.234. The number of aromatic amines is 1. The summed E-state index contributed by atoms with van der Waals surface area (Å²) < 4.78 is 0. The lowest BCUT2D eigenvalue weighted by molar-refractivity contribution is 0.102.